The summed E-state index contributed by atoms with van der Waals surface area (Å²) in [5, 5.41) is 2.01. The lowest BCUT2D eigenvalue weighted by Gasteiger charge is -2.05. The lowest BCUT2D eigenvalue weighted by atomic mass is 10.0. The van der Waals surface area contributed by atoms with Gasteiger partial charge in [0.25, 0.3) is 0 Å². The van der Waals surface area contributed by atoms with Gasteiger partial charge in [0.2, 0.25) is 0 Å². The molecule has 0 aliphatic carbocycles. The molecule has 96 valence electrons. The molecule has 0 radical (unpaired) electrons. The number of aldehydes is 1. The molecule has 2 heterocycles. The monoisotopic (exact) mass is 270 g/mol. The summed E-state index contributed by atoms with van der Waals surface area (Å²) in [6, 6.07) is 6.21. The van der Waals surface area contributed by atoms with Crippen molar-refractivity contribution in [2.45, 2.75) is 20.8 Å². The molecule has 0 aliphatic rings. The Morgan fingerprint density at radius 3 is 2.74 bits per heavy atom. The van der Waals surface area contributed by atoms with Gasteiger partial charge in [-0.1, -0.05) is 23.8 Å². The maximum atomic E-state index is 11.4. The van der Waals surface area contributed by atoms with Crippen LogP contribution < -0.4 is 0 Å². The van der Waals surface area contributed by atoms with E-state index in [4.69, 9.17) is 0 Å². The van der Waals surface area contributed by atoms with Gasteiger partial charge in [0.15, 0.2) is 11.2 Å². The quantitative estimate of drug-likeness (QED) is 0.664. The standard InChI is InChI=1S/C15H14N2OS/c1-9-4-5-12(10(2)6-9)14-13(7-18)17-11(3)8-19-15(17)16-14/h4-8H,1-3H3. The summed E-state index contributed by atoms with van der Waals surface area (Å²) in [6.45, 7) is 6.11. The number of nitrogens with zero attached hydrogens (tertiary/aromatic N) is 2. The number of carbonyl (C=O) groups is 1. The average Bonchev–Trinajstić information content (AvgIpc) is 2.90. The highest BCUT2D eigenvalue weighted by Gasteiger charge is 2.17. The van der Waals surface area contributed by atoms with Crippen LogP contribution in [0.2, 0.25) is 0 Å². The van der Waals surface area contributed by atoms with Gasteiger partial charge in [-0.25, -0.2) is 4.98 Å². The van der Waals surface area contributed by atoms with Crippen LogP contribution in [0.5, 0.6) is 0 Å². The molecule has 19 heavy (non-hydrogen) atoms. The van der Waals surface area contributed by atoms with Crippen molar-refractivity contribution in [1.29, 1.82) is 0 Å². The van der Waals surface area contributed by atoms with Crippen LogP contribution in [-0.2, 0) is 0 Å². The Balaban J connectivity index is 2.33. The molecular formula is C15H14N2OS. The minimum Gasteiger partial charge on any atom is -0.296 e. The SMILES string of the molecule is Cc1ccc(-c2nc3scc(C)n3c2C=O)c(C)c1. The fraction of sp³-hybridized carbons (Fsp3) is 0.200. The Labute approximate surface area is 115 Å². The number of imidazole rings is 1. The molecule has 3 aromatic rings. The van der Waals surface area contributed by atoms with Crippen LogP contribution in [0.25, 0.3) is 16.2 Å². The van der Waals surface area contributed by atoms with Gasteiger partial charge in [-0.2, -0.15) is 0 Å². The number of fused-ring (bicyclic) bond motifs is 1. The number of carbonyl (C=O) groups excluding carboxylic acids is 1. The summed E-state index contributed by atoms with van der Waals surface area (Å²) in [5.41, 5.74) is 5.86. The van der Waals surface area contributed by atoms with Crippen molar-refractivity contribution in [3.63, 3.8) is 0 Å². The second-order valence-corrected chi connectivity index (χ2v) is 5.61. The molecule has 0 saturated heterocycles. The Morgan fingerprint density at radius 1 is 1.26 bits per heavy atom. The van der Waals surface area contributed by atoms with Crippen LogP contribution in [-0.4, -0.2) is 15.7 Å². The summed E-state index contributed by atoms with van der Waals surface area (Å²) in [4.78, 5) is 16.9. The van der Waals surface area contributed by atoms with Crippen molar-refractivity contribution in [3.05, 3.63) is 46.1 Å². The number of aromatic nitrogens is 2. The van der Waals surface area contributed by atoms with E-state index in [1.54, 1.807) is 11.3 Å². The second kappa shape index (κ2) is 4.31. The summed E-state index contributed by atoms with van der Waals surface area (Å²) < 4.78 is 1.92. The molecule has 0 N–H and O–H groups in total. The maximum Gasteiger partial charge on any atom is 0.195 e. The molecule has 4 heteroatoms. The fourth-order valence-electron chi connectivity index (χ4n) is 2.41. The zero-order valence-electron chi connectivity index (χ0n) is 11.1. The first-order valence-corrected chi connectivity index (χ1v) is 6.99. The predicted octanol–water partition coefficient (Wildman–Crippen LogP) is 3.80. The first-order chi connectivity index (χ1) is 9.11. The smallest absolute Gasteiger partial charge is 0.195 e. The van der Waals surface area contributed by atoms with Crippen molar-refractivity contribution in [1.82, 2.24) is 9.38 Å². The first-order valence-electron chi connectivity index (χ1n) is 6.11. The Kier molecular flexibility index (Phi) is 2.75. The van der Waals surface area contributed by atoms with Crippen molar-refractivity contribution < 1.29 is 4.79 Å². The average molecular weight is 270 g/mol. The highest BCUT2D eigenvalue weighted by molar-refractivity contribution is 7.15. The van der Waals surface area contributed by atoms with Crippen LogP contribution in [0, 0.1) is 20.8 Å². The van der Waals surface area contributed by atoms with E-state index in [1.165, 1.54) is 5.56 Å². The van der Waals surface area contributed by atoms with Crippen LogP contribution in [0.3, 0.4) is 0 Å². The van der Waals surface area contributed by atoms with Gasteiger partial charge in [0, 0.05) is 16.6 Å². The van der Waals surface area contributed by atoms with E-state index >= 15 is 0 Å². The highest BCUT2D eigenvalue weighted by Crippen LogP contribution is 2.29. The minimum absolute atomic E-state index is 0.640. The first kappa shape index (κ1) is 12.1. The van der Waals surface area contributed by atoms with E-state index in [0.717, 1.165) is 33.8 Å². The number of hydrogen-bond donors (Lipinski definition) is 0. The number of benzene rings is 1. The molecule has 3 rings (SSSR count). The zero-order chi connectivity index (χ0) is 13.6. The normalized spacial score (nSPS) is 11.1. The van der Waals surface area contributed by atoms with Crippen LogP contribution in [0.4, 0.5) is 0 Å². The predicted molar refractivity (Wildman–Crippen MR) is 78.1 cm³/mol. The summed E-state index contributed by atoms with van der Waals surface area (Å²) in [5.74, 6) is 0. The van der Waals surface area contributed by atoms with Crippen LogP contribution in [0.15, 0.2) is 23.6 Å². The van der Waals surface area contributed by atoms with Crippen molar-refractivity contribution in [3.8, 4) is 11.3 Å². The molecule has 0 bridgehead atoms. The molecule has 3 nitrogen and oxygen atoms in total. The second-order valence-electron chi connectivity index (χ2n) is 4.78. The van der Waals surface area contributed by atoms with Gasteiger partial charge in [0.05, 0.1) is 0 Å². The van der Waals surface area contributed by atoms with E-state index in [9.17, 15) is 4.79 Å². The lowest BCUT2D eigenvalue weighted by Crippen LogP contribution is -1.94. The number of rotatable bonds is 2. The number of hydrogen-bond acceptors (Lipinski definition) is 3. The molecule has 0 aliphatic heterocycles. The maximum absolute atomic E-state index is 11.4. The van der Waals surface area contributed by atoms with Crippen molar-refractivity contribution >= 4 is 22.6 Å². The van der Waals surface area contributed by atoms with Gasteiger partial charge in [-0.3, -0.25) is 9.20 Å². The summed E-state index contributed by atoms with van der Waals surface area (Å²) >= 11 is 1.56. The molecular weight excluding hydrogens is 256 g/mol. The third-order valence-corrected chi connectivity index (χ3v) is 4.26. The van der Waals surface area contributed by atoms with E-state index in [0.29, 0.717) is 5.69 Å². The molecule has 0 fully saturated rings. The largest absolute Gasteiger partial charge is 0.296 e. The van der Waals surface area contributed by atoms with Crippen molar-refractivity contribution in [2.24, 2.45) is 0 Å². The summed E-state index contributed by atoms with van der Waals surface area (Å²) in [6.07, 6.45) is 0.897. The molecule has 0 unspecified atom stereocenters. The zero-order valence-corrected chi connectivity index (χ0v) is 11.9. The molecule has 0 saturated carbocycles. The van der Waals surface area contributed by atoms with E-state index in [1.807, 2.05) is 22.8 Å². The lowest BCUT2D eigenvalue weighted by molar-refractivity contribution is 0.111. The van der Waals surface area contributed by atoms with E-state index in [2.05, 4.69) is 31.0 Å². The number of aryl methyl sites for hydroxylation is 3. The molecule has 0 atom stereocenters. The van der Waals surface area contributed by atoms with Gasteiger partial charge in [-0.05, 0) is 26.3 Å². The van der Waals surface area contributed by atoms with Crippen molar-refractivity contribution in [2.75, 3.05) is 0 Å². The molecule has 2 aromatic heterocycles. The molecule has 0 spiro atoms. The Bertz CT molecular complexity index is 783. The van der Waals surface area contributed by atoms with E-state index in [-0.39, 0.29) is 0 Å². The highest BCUT2D eigenvalue weighted by atomic mass is 32.1. The minimum atomic E-state index is 0.640. The molecule has 0 amide bonds. The van der Waals surface area contributed by atoms with Crippen LogP contribution >= 0.6 is 11.3 Å². The van der Waals surface area contributed by atoms with Crippen LogP contribution in [0.1, 0.15) is 27.3 Å². The van der Waals surface area contributed by atoms with Gasteiger partial charge in [-0.15, -0.1) is 11.3 Å². The topological polar surface area (TPSA) is 34.4 Å². The fourth-order valence-corrected chi connectivity index (χ4v) is 3.28. The van der Waals surface area contributed by atoms with Gasteiger partial charge in [0.1, 0.15) is 11.4 Å². The summed E-state index contributed by atoms with van der Waals surface area (Å²) in [7, 11) is 0. The number of thiazole rings is 1. The van der Waals surface area contributed by atoms with Gasteiger partial charge < -0.3 is 0 Å². The van der Waals surface area contributed by atoms with E-state index < -0.39 is 0 Å². The Morgan fingerprint density at radius 2 is 2.05 bits per heavy atom. The third-order valence-electron chi connectivity index (χ3n) is 3.32. The van der Waals surface area contributed by atoms with Gasteiger partial charge >= 0.3 is 0 Å². The third kappa shape index (κ3) is 1.79. The molecule has 1 aromatic carbocycles. The Hall–Kier alpha value is -1.94.